The highest BCUT2D eigenvalue weighted by atomic mass is 16.6. The summed E-state index contributed by atoms with van der Waals surface area (Å²) < 4.78 is 5.38. The fourth-order valence-electron chi connectivity index (χ4n) is 5.38. The zero-order chi connectivity index (χ0) is 34.6. The number of benzene rings is 2. The Morgan fingerprint density at radius 1 is 0.702 bits per heavy atom. The molecule has 3 rings (SSSR count). The highest BCUT2D eigenvalue weighted by molar-refractivity contribution is 5.98. The summed E-state index contributed by atoms with van der Waals surface area (Å²) in [5.41, 5.74) is 6.41. The van der Waals surface area contributed by atoms with Crippen molar-refractivity contribution >= 4 is 29.4 Å². The molecule has 0 saturated carbocycles. The monoisotopic (exact) mass is 649 g/mol. The van der Waals surface area contributed by atoms with E-state index in [9.17, 15) is 24.0 Å². The third-order valence-corrected chi connectivity index (χ3v) is 8.10. The Kier molecular flexibility index (Phi) is 14.1. The molecule has 6 N–H and O–H groups in total. The smallest absolute Gasteiger partial charge is 0.243 e. The second kappa shape index (κ2) is 17.7. The molecule has 0 spiro atoms. The van der Waals surface area contributed by atoms with Crippen LogP contribution in [0.15, 0.2) is 60.7 Å². The maximum Gasteiger partial charge on any atom is 0.243 e. The maximum atomic E-state index is 13.9. The maximum absolute atomic E-state index is 13.9. The number of hydrogen-bond donors (Lipinski definition) is 5. The number of carbonyl (C=O) groups excluding carboxylic acids is 5. The Bertz CT molecular complexity index is 1350. The largest absolute Gasteiger partial charge is 0.361 e. The first-order chi connectivity index (χ1) is 22.3. The number of hydrogen-bond acceptors (Lipinski definition) is 7. The zero-order valence-electron chi connectivity index (χ0n) is 28.2. The number of rotatable bonds is 19. The van der Waals surface area contributed by atoms with Crippen LogP contribution in [0, 0.1) is 11.8 Å². The Labute approximate surface area is 278 Å². The first kappa shape index (κ1) is 37.4. The third-order valence-electron chi connectivity index (χ3n) is 8.10. The topological polar surface area (TPSA) is 172 Å². The van der Waals surface area contributed by atoms with Gasteiger partial charge in [-0.2, -0.15) is 0 Å². The van der Waals surface area contributed by atoms with Crippen LogP contribution in [0.1, 0.15) is 65.0 Å². The minimum Gasteiger partial charge on any atom is -0.361 e. The zero-order valence-corrected chi connectivity index (χ0v) is 28.2. The molecule has 1 saturated heterocycles. The quantitative estimate of drug-likeness (QED) is 0.145. The van der Waals surface area contributed by atoms with Crippen LogP contribution in [-0.4, -0.2) is 72.3 Å². The lowest BCUT2D eigenvalue weighted by atomic mass is 9.93. The van der Waals surface area contributed by atoms with Crippen molar-refractivity contribution in [3.05, 3.63) is 71.8 Å². The number of aryl methyl sites for hydroxylation is 1. The van der Waals surface area contributed by atoms with Crippen molar-refractivity contribution in [2.24, 2.45) is 17.6 Å². The van der Waals surface area contributed by atoms with E-state index in [2.05, 4.69) is 21.3 Å². The molecule has 1 fully saturated rings. The number of ketones is 1. The summed E-state index contributed by atoms with van der Waals surface area (Å²) >= 11 is 0. The number of ether oxygens (including phenoxy) is 1. The Morgan fingerprint density at radius 2 is 1.17 bits per heavy atom. The molecule has 0 aromatic heterocycles. The molecule has 1 heterocycles. The van der Waals surface area contributed by atoms with Gasteiger partial charge in [-0.05, 0) is 55.6 Å². The van der Waals surface area contributed by atoms with Gasteiger partial charge in [0.05, 0.1) is 19.2 Å². The van der Waals surface area contributed by atoms with Crippen LogP contribution in [0.4, 0.5) is 0 Å². The van der Waals surface area contributed by atoms with Crippen molar-refractivity contribution in [3.63, 3.8) is 0 Å². The van der Waals surface area contributed by atoms with E-state index in [1.165, 1.54) is 0 Å². The van der Waals surface area contributed by atoms with Crippen molar-refractivity contribution in [1.82, 2.24) is 21.3 Å². The molecule has 11 nitrogen and oxygen atoms in total. The van der Waals surface area contributed by atoms with Crippen LogP contribution in [0.2, 0.25) is 0 Å². The average Bonchev–Trinajstić information content (AvgIpc) is 3.80. The molecule has 5 atom stereocenters. The molecule has 0 unspecified atom stereocenters. The van der Waals surface area contributed by atoms with E-state index in [0.29, 0.717) is 25.9 Å². The van der Waals surface area contributed by atoms with Crippen molar-refractivity contribution in [2.75, 3.05) is 13.2 Å². The third kappa shape index (κ3) is 12.2. The van der Waals surface area contributed by atoms with Gasteiger partial charge in [-0.3, -0.25) is 24.0 Å². The molecule has 256 valence electrons. The minimum absolute atomic E-state index is 0.0150. The van der Waals surface area contributed by atoms with Crippen LogP contribution in [-0.2, 0) is 41.6 Å². The summed E-state index contributed by atoms with van der Waals surface area (Å²) in [5, 5.41) is 11.3. The molecule has 11 heteroatoms. The Hall–Kier alpha value is -4.09. The second-order valence-electron chi connectivity index (χ2n) is 13.4. The van der Waals surface area contributed by atoms with Gasteiger partial charge in [-0.25, -0.2) is 0 Å². The summed E-state index contributed by atoms with van der Waals surface area (Å²) in [7, 11) is 0. The Balaban J connectivity index is 1.81. The van der Waals surface area contributed by atoms with Crippen molar-refractivity contribution < 1.29 is 28.7 Å². The summed E-state index contributed by atoms with van der Waals surface area (Å²) in [6.07, 6.45) is 1.69. The lowest BCUT2D eigenvalue weighted by Crippen LogP contribution is -2.59. The Morgan fingerprint density at radius 3 is 1.70 bits per heavy atom. The highest BCUT2D eigenvalue weighted by Crippen LogP contribution is 2.29. The van der Waals surface area contributed by atoms with Crippen LogP contribution >= 0.6 is 0 Å². The molecular weight excluding hydrogens is 598 g/mol. The van der Waals surface area contributed by atoms with E-state index in [1.807, 2.05) is 88.4 Å². The first-order valence-electron chi connectivity index (χ1n) is 16.5. The second-order valence-corrected chi connectivity index (χ2v) is 13.4. The fraction of sp³-hybridized carbons (Fsp3) is 0.528. The van der Waals surface area contributed by atoms with Gasteiger partial charge in [-0.15, -0.1) is 0 Å². The number of carbonyl (C=O) groups is 5. The summed E-state index contributed by atoms with van der Waals surface area (Å²) in [6.45, 7) is 9.50. The number of nitrogens with one attached hydrogen (secondary N) is 4. The molecule has 0 bridgehead atoms. The lowest BCUT2D eigenvalue weighted by molar-refractivity contribution is -0.135. The van der Waals surface area contributed by atoms with E-state index in [-0.39, 0.29) is 37.0 Å². The van der Waals surface area contributed by atoms with Crippen LogP contribution in [0.3, 0.4) is 0 Å². The van der Waals surface area contributed by atoms with E-state index in [1.54, 1.807) is 6.92 Å². The summed E-state index contributed by atoms with van der Waals surface area (Å²) in [6, 6.07) is 15.1. The average molecular weight is 650 g/mol. The fourth-order valence-corrected chi connectivity index (χ4v) is 5.38. The normalized spacial score (nSPS) is 18.0. The van der Waals surface area contributed by atoms with Crippen molar-refractivity contribution in [3.8, 4) is 0 Å². The molecular formula is C36H51N5O6. The number of Topliss-reactive ketones (excluding diaryl/α,β-unsaturated/α-hetero) is 1. The van der Waals surface area contributed by atoms with E-state index in [0.717, 1.165) is 11.1 Å². The summed E-state index contributed by atoms with van der Waals surface area (Å²) in [5.74, 6) is -2.12. The minimum atomic E-state index is -1.03. The van der Waals surface area contributed by atoms with Gasteiger partial charge in [0, 0.05) is 6.42 Å². The van der Waals surface area contributed by atoms with Crippen molar-refractivity contribution in [2.45, 2.75) is 96.5 Å². The van der Waals surface area contributed by atoms with E-state index >= 15 is 0 Å². The van der Waals surface area contributed by atoms with Crippen LogP contribution in [0.5, 0.6) is 0 Å². The highest BCUT2D eigenvalue weighted by Gasteiger charge is 2.50. The summed E-state index contributed by atoms with van der Waals surface area (Å²) in [4.78, 5) is 66.7. The standard InChI is InChI=1S/C36H51N5O6/c1-23(2)18-28(32(43)36(5)22-47-36)39-35(46)30(20-26-14-10-7-11-15-26)41-34(45)29(19-24(3)4)40-33(44)27(38-31(42)21-37)17-16-25-12-8-6-9-13-25/h6-15,23-24,27-30H,16-22,37H2,1-5H3,(H,38,42)(H,39,46)(H,40,44)(H,41,45)/t27-,28-,29-,30-,36+/m0/s1. The first-order valence-corrected chi connectivity index (χ1v) is 16.5. The predicted octanol–water partition coefficient (Wildman–Crippen LogP) is 2.21. The molecule has 4 amide bonds. The molecule has 0 radical (unpaired) electrons. The molecule has 2 aromatic carbocycles. The van der Waals surface area contributed by atoms with Gasteiger partial charge in [0.1, 0.15) is 23.7 Å². The molecule has 47 heavy (non-hydrogen) atoms. The predicted molar refractivity (Wildman–Crippen MR) is 180 cm³/mol. The SMILES string of the molecule is CC(C)C[C@H](NC(=O)[C@H](CCc1ccccc1)NC(=O)CN)C(=O)N[C@@H](Cc1ccccc1)C(=O)N[C@@H](CC(C)C)C(=O)[C@@]1(C)CO1. The molecule has 1 aliphatic heterocycles. The molecule has 2 aromatic rings. The van der Waals surface area contributed by atoms with Gasteiger partial charge in [0.15, 0.2) is 5.78 Å². The molecule has 0 aliphatic carbocycles. The van der Waals surface area contributed by atoms with Gasteiger partial charge in [0.2, 0.25) is 23.6 Å². The van der Waals surface area contributed by atoms with Gasteiger partial charge >= 0.3 is 0 Å². The van der Waals surface area contributed by atoms with Crippen molar-refractivity contribution in [1.29, 1.82) is 0 Å². The van der Waals surface area contributed by atoms with Gasteiger partial charge < -0.3 is 31.7 Å². The number of amides is 4. The molecule has 1 aliphatic rings. The lowest BCUT2D eigenvalue weighted by Gasteiger charge is -2.28. The number of nitrogens with two attached hydrogens (primary N) is 1. The van der Waals surface area contributed by atoms with Crippen LogP contribution in [0.25, 0.3) is 0 Å². The van der Waals surface area contributed by atoms with Gasteiger partial charge in [0.25, 0.3) is 0 Å². The van der Waals surface area contributed by atoms with E-state index < -0.39 is 53.4 Å². The van der Waals surface area contributed by atoms with E-state index in [4.69, 9.17) is 10.5 Å². The van der Waals surface area contributed by atoms with Gasteiger partial charge in [-0.1, -0.05) is 88.4 Å². The van der Waals surface area contributed by atoms with Crippen LogP contribution < -0.4 is 27.0 Å². The number of epoxide rings is 1.